The number of fused-ring (bicyclic) bond motifs is 2. The molecule has 25 heavy (non-hydrogen) atoms. The zero-order chi connectivity index (χ0) is 17.8. The number of nitrogens with zero attached hydrogens (tertiary/aromatic N) is 4. The van der Waals surface area contributed by atoms with Gasteiger partial charge in [-0.05, 0) is 37.2 Å². The SMILES string of the molecule is CCS(=O)(=O)N1C[C@H]2C[C@@H](N(C)c3ncnc4[nH]ccc34)C[C@@]2(C)C1. The van der Waals surface area contributed by atoms with E-state index in [1.54, 1.807) is 17.6 Å². The summed E-state index contributed by atoms with van der Waals surface area (Å²) in [7, 11) is -1.01. The van der Waals surface area contributed by atoms with E-state index in [9.17, 15) is 8.42 Å². The molecule has 4 rings (SSSR count). The lowest BCUT2D eigenvalue weighted by molar-refractivity contribution is 0.296. The number of anilines is 1. The molecule has 2 aromatic heterocycles. The Morgan fingerprint density at radius 2 is 2.24 bits per heavy atom. The third-order valence-corrected chi connectivity index (χ3v) is 7.97. The van der Waals surface area contributed by atoms with Crippen LogP contribution >= 0.6 is 0 Å². The highest BCUT2D eigenvalue weighted by Gasteiger charge is 2.53. The molecule has 1 aliphatic carbocycles. The van der Waals surface area contributed by atoms with E-state index in [4.69, 9.17) is 0 Å². The molecule has 0 unspecified atom stereocenters. The first-order valence-corrected chi connectivity index (χ1v) is 10.4. The van der Waals surface area contributed by atoms with Crippen molar-refractivity contribution in [3.8, 4) is 0 Å². The van der Waals surface area contributed by atoms with E-state index >= 15 is 0 Å². The number of rotatable bonds is 4. The van der Waals surface area contributed by atoms with Gasteiger partial charge in [0.25, 0.3) is 0 Å². The second kappa shape index (κ2) is 5.67. The summed E-state index contributed by atoms with van der Waals surface area (Å²) < 4.78 is 26.1. The number of hydrogen-bond donors (Lipinski definition) is 1. The molecule has 0 amide bonds. The van der Waals surface area contributed by atoms with Crippen molar-refractivity contribution >= 4 is 26.9 Å². The lowest BCUT2D eigenvalue weighted by Crippen LogP contribution is -2.36. The van der Waals surface area contributed by atoms with Gasteiger partial charge in [0.15, 0.2) is 0 Å². The maximum Gasteiger partial charge on any atom is 0.213 e. The van der Waals surface area contributed by atoms with Crippen molar-refractivity contribution in [1.29, 1.82) is 0 Å². The zero-order valence-electron chi connectivity index (χ0n) is 14.9. The van der Waals surface area contributed by atoms with E-state index in [0.29, 0.717) is 25.0 Å². The Bertz CT molecular complexity index is 895. The number of H-pyrrole nitrogens is 1. The normalized spacial score (nSPS) is 30.0. The minimum atomic E-state index is -3.09. The second-order valence-electron chi connectivity index (χ2n) is 7.69. The second-order valence-corrected chi connectivity index (χ2v) is 9.94. The third kappa shape index (κ3) is 2.62. The zero-order valence-corrected chi connectivity index (χ0v) is 15.8. The molecule has 0 radical (unpaired) electrons. The van der Waals surface area contributed by atoms with Crippen molar-refractivity contribution in [1.82, 2.24) is 19.3 Å². The summed E-state index contributed by atoms with van der Waals surface area (Å²) >= 11 is 0. The number of nitrogens with one attached hydrogen (secondary N) is 1. The van der Waals surface area contributed by atoms with Gasteiger partial charge in [0.2, 0.25) is 10.0 Å². The average Bonchev–Trinajstić information content (AvgIpc) is 3.25. The van der Waals surface area contributed by atoms with Crippen LogP contribution in [0.4, 0.5) is 5.82 Å². The minimum Gasteiger partial charge on any atom is -0.356 e. The minimum absolute atomic E-state index is 0.0471. The lowest BCUT2D eigenvalue weighted by Gasteiger charge is -2.29. The van der Waals surface area contributed by atoms with Crippen LogP contribution in [0, 0.1) is 11.3 Å². The number of aromatic nitrogens is 3. The summed E-state index contributed by atoms with van der Waals surface area (Å²) in [5.74, 6) is 1.54. The Labute approximate surface area is 148 Å². The summed E-state index contributed by atoms with van der Waals surface area (Å²) in [6.45, 7) is 5.25. The van der Waals surface area contributed by atoms with Gasteiger partial charge in [-0.15, -0.1) is 0 Å². The molecule has 7 nitrogen and oxygen atoms in total. The van der Waals surface area contributed by atoms with Gasteiger partial charge in [0.1, 0.15) is 17.8 Å². The summed E-state index contributed by atoms with van der Waals surface area (Å²) in [4.78, 5) is 14.1. The molecule has 1 N–H and O–H groups in total. The molecule has 2 aliphatic rings. The highest BCUT2D eigenvalue weighted by molar-refractivity contribution is 7.89. The van der Waals surface area contributed by atoms with E-state index < -0.39 is 10.0 Å². The van der Waals surface area contributed by atoms with Crippen LogP contribution in [0.2, 0.25) is 0 Å². The predicted octanol–water partition coefficient (Wildman–Crippen LogP) is 1.84. The molecule has 0 bridgehead atoms. The van der Waals surface area contributed by atoms with E-state index in [-0.39, 0.29) is 11.2 Å². The fourth-order valence-corrected chi connectivity index (χ4v) is 5.87. The smallest absolute Gasteiger partial charge is 0.213 e. The third-order valence-electron chi connectivity index (χ3n) is 6.18. The van der Waals surface area contributed by atoms with Gasteiger partial charge in [0.05, 0.1) is 11.1 Å². The Morgan fingerprint density at radius 3 is 2.96 bits per heavy atom. The van der Waals surface area contributed by atoms with Gasteiger partial charge in [0, 0.05) is 32.4 Å². The first-order chi connectivity index (χ1) is 11.8. The predicted molar refractivity (Wildman–Crippen MR) is 97.9 cm³/mol. The van der Waals surface area contributed by atoms with Gasteiger partial charge >= 0.3 is 0 Å². The quantitative estimate of drug-likeness (QED) is 0.896. The lowest BCUT2D eigenvalue weighted by atomic mass is 9.83. The van der Waals surface area contributed by atoms with Gasteiger partial charge in [-0.3, -0.25) is 0 Å². The molecule has 0 aromatic carbocycles. The molecule has 8 heteroatoms. The molecular weight excluding hydrogens is 338 g/mol. The standard InChI is InChI=1S/C17H25N5O2S/c1-4-25(23,24)22-9-12-7-13(8-17(12,2)10-22)21(3)16-14-5-6-18-15(14)19-11-20-16/h5-6,11-13H,4,7-10H2,1-3H3,(H,18,19,20)/t12-,13-,17+/m1/s1. The molecular formula is C17H25N5O2S. The number of aromatic amines is 1. The van der Waals surface area contributed by atoms with Crippen LogP contribution in [-0.2, 0) is 10.0 Å². The summed E-state index contributed by atoms with van der Waals surface area (Å²) in [5, 5.41) is 1.03. The molecule has 2 fully saturated rings. The summed E-state index contributed by atoms with van der Waals surface area (Å²) in [6, 6.07) is 2.38. The van der Waals surface area contributed by atoms with Gasteiger partial charge in [-0.1, -0.05) is 6.92 Å². The maximum absolute atomic E-state index is 12.2. The van der Waals surface area contributed by atoms with Gasteiger partial charge < -0.3 is 9.88 Å². The molecule has 1 aliphatic heterocycles. The molecule has 0 spiro atoms. The van der Waals surface area contributed by atoms with Crippen LogP contribution in [0.25, 0.3) is 11.0 Å². The Hall–Kier alpha value is -1.67. The summed E-state index contributed by atoms with van der Waals surface area (Å²) in [5.41, 5.74) is 0.896. The monoisotopic (exact) mass is 363 g/mol. The van der Waals surface area contributed by atoms with Crippen LogP contribution < -0.4 is 4.90 Å². The molecule has 1 saturated heterocycles. The first kappa shape index (κ1) is 16.8. The van der Waals surface area contributed by atoms with E-state index in [1.807, 2.05) is 12.3 Å². The first-order valence-electron chi connectivity index (χ1n) is 8.83. The highest BCUT2D eigenvalue weighted by atomic mass is 32.2. The van der Waals surface area contributed by atoms with E-state index in [2.05, 4.69) is 33.8 Å². The molecule has 136 valence electrons. The van der Waals surface area contributed by atoms with E-state index in [1.165, 1.54) is 0 Å². The molecule has 3 heterocycles. The maximum atomic E-state index is 12.2. The molecule has 1 saturated carbocycles. The number of sulfonamides is 1. The Balaban J connectivity index is 1.55. The summed E-state index contributed by atoms with van der Waals surface area (Å²) in [6.07, 6.45) is 5.46. The average molecular weight is 363 g/mol. The van der Waals surface area contributed by atoms with Crippen molar-refractivity contribution in [3.63, 3.8) is 0 Å². The van der Waals surface area contributed by atoms with Crippen LogP contribution in [0.5, 0.6) is 0 Å². The molecule has 3 atom stereocenters. The molecule has 2 aromatic rings. The van der Waals surface area contributed by atoms with Crippen molar-refractivity contribution in [2.45, 2.75) is 32.7 Å². The Kier molecular flexibility index (Phi) is 3.81. The van der Waals surface area contributed by atoms with Crippen LogP contribution in [-0.4, -0.2) is 59.6 Å². The largest absolute Gasteiger partial charge is 0.356 e. The van der Waals surface area contributed by atoms with Crippen molar-refractivity contribution < 1.29 is 8.42 Å². The Morgan fingerprint density at radius 1 is 1.44 bits per heavy atom. The fourth-order valence-electron chi connectivity index (χ4n) is 4.61. The van der Waals surface area contributed by atoms with Crippen molar-refractivity contribution in [2.75, 3.05) is 30.8 Å². The van der Waals surface area contributed by atoms with Gasteiger partial charge in [-0.25, -0.2) is 22.7 Å². The van der Waals surface area contributed by atoms with Crippen molar-refractivity contribution in [3.05, 3.63) is 18.6 Å². The van der Waals surface area contributed by atoms with Crippen LogP contribution in [0.1, 0.15) is 26.7 Å². The van der Waals surface area contributed by atoms with Crippen LogP contribution in [0.15, 0.2) is 18.6 Å². The highest BCUT2D eigenvalue weighted by Crippen LogP contribution is 2.50. The van der Waals surface area contributed by atoms with Gasteiger partial charge in [-0.2, -0.15) is 0 Å². The topological polar surface area (TPSA) is 82.2 Å². The fraction of sp³-hybridized carbons (Fsp3) is 0.647. The number of hydrogen-bond acceptors (Lipinski definition) is 5. The van der Waals surface area contributed by atoms with Crippen LogP contribution in [0.3, 0.4) is 0 Å². The van der Waals surface area contributed by atoms with Crippen molar-refractivity contribution in [2.24, 2.45) is 11.3 Å². The van der Waals surface area contributed by atoms with E-state index in [0.717, 1.165) is 29.7 Å².